The summed E-state index contributed by atoms with van der Waals surface area (Å²) in [5, 5.41) is 7.59. The number of thioether (sulfide) groups is 1. The molecule has 0 bridgehead atoms. The minimum absolute atomic E-state index is 0.818. The third-order valence-corrected chi connectivity index (χ3v) is 3.79. The Morgan fingerprint density at radius 2 is 2.05 bits per heavy atom. The van der Waals surface area contributed by atoms with Crippen molar-refractivity contribution in [3.63, 3.8) is 0 Å². The van der Waals surface area contributed by atoms with Gasteiger partial charge in [0.15, 0.2) is 5.16 Å². The van der Waals surface area contributed by atoms with Gasteiger partial charge in [-0.15, -0.1) is 0 Å². The lowest BCUT2D eigenvalue weighted by atomic mass is 10.2. The molecule has 4 nitrogen and oxygen atoms in total. The highest BCUT2D eigenvalue weighted by molar-refractivity contribution is 7.98. The molecule has 98 valence electrons. The van der Waals surface area contributed by atoms with Crippen molar-refractivity contribution in [2.24, 2.45) is 0 Å². The Kier molecular flexibility index (Phi) is 3.40. The van der Waals surface area contributed by atoms with E-state index in [1.165, 1.54) is 11.1 Å². The van der Waals surface area contributed by atoms with Gasteiger partial charge in [0.1, 0.15) is 5.82 Å². The summed E-state index contributed by atoms with van der Waals surface area (Å²) in [4.78, 5) is 9.15. The number of aryl methyl sites for hydroxylation is 1. The van der Waals surface area contributed by atoms with Crippen LogP contribution in [0.4, 0.5) is 11.5 Å². The molecule has 3 rings (SSSR count). The fourth-order valence-corrected chi connectivity index (χ4v) is 2.57. The number of rotatable bonds is 3. The van der Waals surface area contributed by atoms with Crippen LogP contribution in [-0.2, 0) is 13.1 Å². The van der Waals surface area contributed by atoms with E-state index in [1.807, 2.05) is 18.4 Å². The van der Waals surface area contributed by atoms with E-state index in [2.05, 4.69) is 39.7 Å². The first-order valence-electron chi connectivity index (χ1n) is 6.25. The van der Waals surface area contributed by atoms with Gasteiger partial charge in [-0.05, 0) is 24.8 Å². The third-order valence-electron chi connectivity index (χ3n) is 3.25. The molecule has 0 unspecified atom stereocenters. The van der Waals surface area contributed by atoms with Crippen molar-refractivity contribution in [2.45, 2.75) is 25.2 Å². The Hall–Kier alpha value is -1.59. The molecule has 0 saturated carbocycles. The molecule has 0 saturated heterocycles. The van der Waals surface area contributed by atoms with Crippen molar-refractivity contribution in [3.8, 4) is 0 Å². The first-order chi connectivity index (χ1) is 9.28. The smallest absolute Gasteiger partial charge is 0.189 e. The standard InChI is InChI=1S/C14H16N4S/c1-9-5-3-4-6-11(9)16-13-10-7-15-8-12(10)17-14(18-13)19-2/h3-6,15H,7-8H2,1-2H3,(H,16,17,18). The number of hydrogen-bond acceptors (Lipinski definition) is 5. The van der Waals surface area contributed by atoms with Crippen LogP contribution in [0.25, 0.3) is 0 Å². The number of fused-ring (bicyclic) bond motifs is 1. The van der Waals surface area contributed by atoms with Crippen molar-refractivity contribution in [1.29, 1.82) is 0 Å². The Bertz CT molecular complexity index is 612. The van der Waals surface area contributed by atoms with Gasteiger partial charge >= 0.3 is 0 Å². The minimum Gasteiger partial charge on any atom is -0.340 e. The zero-order valence-electron chi connectivity index (χ0n) is 11.0. The summed E-state index contributed by atoms with van der Waals surface area (Å²) in [5.74, 6) is 0.925. The van der Waals surface area contributed by atoms with Gasteiger partial charge < -0.3 is 10.6 Å². The quantitative estimate of drug-likeness (QED) is 0.664. The number of hydrogen-bond donors (Lipinski definition) is 2. The van der Waals surface area contributed by atoms with Gasteiger partial charge in [-0.2, -0.15) is 0 Å². The number of nitrogens with zero attached hydrogens (tertiary/aromatic N) is 2. The van der Waals surface area contributed by atoms with Gasteiger partial charge in [0.25, 0.3) is 0 Å². The first kappa shape index (κ1) is 12.4. The number of benzene rings is 1. The molecule has 0 atom stereocenters. The van der Waals surface area contributed by atoms with Crippen LogP contribution < -0.4 is 10.6 Å². The molecular weight excluding hydrogens is 256 g/mol. The predicted molar refractivity (Wildman–Crippen MR) is 78.8 cm³/mol. The van der Waals surface area contributed by atoms with Crippen LogP contribution in [-0.4, -0.2) is 16.2 Å². The fraction of sp³-hybridized carbons (Fsp3) is 0.286. The summed E-state index contributed by atoms with van der Waals surface area (Å²) in [6.45, 7) is 3.75. The topological polar surface area (TPSA) is 49.8 Å². The zero-order valence-corrected chi connectivity index (χ0v) is 11.8. The highest BCUT2D eigenvalue weighted by atomic mass is 32.2. The Balaban J connectivity index is 2.01. The SMILES string of the molecule is CSc1nc2c(c(Nc3ccccc3C)n1)CNC2. The van der Waals surface area contributed by atoms with Crippen LogP contribution >= 0.6 is 11.8 Å². The second-order valence-electron chi connectivity index (χ2n) is 4.53. The van der Waals surface area contributed by atoms with Gasteiger partial charge in [0.2, 0.25) is 0 Å². The zero-order chi connectivity index (χ0) is 13.2. The lowest BCUT2D eigenvalue weighted by Gasteiger charge is -2.12. The van der Waals surface area contributed by atoms with E-state index in [-0.39, 0.29) is 0 Å². The van der Waals surface area contributed by atoms with Crippen molar-refractivity contribution >= 4 is 23.3 Å². The molecule has 1 aromatic carbocycles. The van der Waals surface area contributed by atoms with Gasteiger partial charge in [0, 0.05) is 24.3 Å². The van der Waals surface area contributed by atoms with Crippen molar-refractivity contribution in [3.05, 3.63) is 41.1 Å². The van der Waals surface area contributed by atoms with Gasteiger partial charge in [0.05, 0.1) is 5.69 Å². The average molecular weight is 272 g/mol. The normalized spacial score (nSPS) is 13.4. The minimum atomic E-state index is 0.818. The molecule has 0 radical (unpaired) electrons. The summed E-state index contributed by atoms with van der Waals surface area (Å²) in [7, 11) is 0. The summed E-state index contributed by atoms with van der Waals surface area (Å²) >= 11 is 1.57. The maximum Gasteiger partial charge on any atom is 0.189 e. The van der Waals surface area contributed by atoms with Crippen molar-refractivity contribution in [2.75, 3.05) is 11.6 Å². The number of para-hydroxylation sites is 1. The molecule has 0 aliphatic carbocycles. The maximum atomic E-state index is 4.60. The van der Waals surface area contributed by atoms with E-state index in [4.69, 9.17) is 0 Å². The van der Waals surface area contributed by atoms with Crippen LogP contribution in [0.5, 0.6) is 0 Å². The first-order valence-corrected chi connectivity index (χ1v) is 7.47. The van der Waals surface area contributed by atoms with E-state index in [0.29, 0.717) is 0 Å². The molecule has 2 aromatic rings. The lowest BCUT2D eigenvalue weighted by Crippen LogP contribution is -2.04. The maximum absolute atomic E-state index is 4.60. The van der Waals surface area contributed by atoms with Crippen molar-refractivity contribution < 1.29 is 0 Å². The van der Waals surface area contributed by atoms with Crippen molar-refractivity contribution in [1.82, 2.24) is 15.3 Å². The van der Waals surface area contributed by atoms with E-state index in [0.717, 1.165) is 35.4 Å². The summed E-state index contributed by atoms with van der Waals surface area (Å²) in [6, 6.07) is 8.24. The summed E-state index contributed by atoms with van der Waals surface area (Å²) < 4.78 is 0. The highest BCUT2D eigenvalue weighted by Crippen LogP contribution is 2.27. The fourth-order valence-electron chi connectivity index (χ4n) is 2.18. The van der Waals surface area contributed by atoms with Crippen LogP contribution in [0, 0.1) is 6.92 Å². The monoisotopic (exact) mass is 272 g/mol. The Morgan fingerprint density at radius 1 is 1.21 bits per heavy atom. The van der Waals surface area contributed by atoms with Crippen LogP contribution in [0.15, 0.2) is 29.4 Å². The van der Waals surface area contributed by atoms with E-state index >= 15 is 0 Å². The molecule has 19 heavy (non-hydrogen) atoms. The molecule has 2 heterocycles. The lowest BCUT2D eigenvalue weighted by molar-refractivity contribution is 0.754. The van der Waals surface area contributed by atoms with Crippen LogP contribution in [0.1, 0.15) is 16.8 Å². The van der Waals surface area contributed by atoms with Crippen LogP contribution in [0.2, 0.25) is 0 Å². The molecule has 0 fully saturated rings. The van der Waals surface area contributed by atoms with Crippen LogP contribution in [0.3, 0.4) is 0 Å². The number of anilines is 2. The number of nitrogens with one attached hydrogen (secondary N) is 2. The summed E-state index contributed by atoms with van der Waals surface area (Å²) in [6.07, 6.45) is 2.00. The van der Waals surface area contributed by atoms with E-state index < -0.39 is 0 Å². The molecule has 2 N–H and O–H groups in total. The molecular formula is C14H16N4S. The average Bonchev–Trinajstić information content (AvgIpc) is 2.89. The predicted octanol–water partition coefficient (Wildman–Crippen LogP) is 2.85. The van der Waals surface area contributed by atoms with Gasteiger partial charge in [-0.25, -0.2) is 9.97 Å². The van der Waals surface area contributed by atoms with E-state index in [1.54, 1.807) is 11.8 Å². The van der Waals surface area contributed by atoms with Gasteiger partial charge in [-0.1, -0.05) is 30.0 Å². The second-order valence-corrected chi connectivity index (χ2v) is 5.30. The molecule has 5 heteroatoms. The Labute approximate surface area is 117 Å². The molecule has 1 aromatic heterocycles. The van der Waals surface area contributed by atoms with Gasteiger partial charge in [-0.3, -0.25) is 0 Å². The molecule has 1 aliphatic rings. The summed E-state index contributed by atoms with van der Waals surface area (Å²) in [5.41, 5.74) is 4.60. The molecule has 0 amide bonds. The largest absolute Gasteiger partial charge is 0.340 e. The molecule has 0 spiro atoms. The highest BCUT2D eigenvalue weighted by Gasteiger charge is 2.19. The number of aromatic nitrogens is 2. The Morgan fingerprint density at radius 3 is 2.84 bits per heavy atom. The van der Waals surface area contributed by atoms with E-state index in [9.17, 15) is 0 Å². The molecule has 1 aliphatic heterocycles. The second kappa shape index (κ2) is 5.19. The third kappa shape index (κ3) is 2.43.